The van der Waals surface area contributed by atoms with Crippen LogP contribution in [0.2, 0.25) is 0 Å². The van der Waals surface area contributed by atoms with E-state index in [2.05, 4.69) is 17.4 Å². The molecule has 112 valence electrons. The van der Waals surface area contributed by atoms with Gasteiger partial charge in [-0.2, -0.15) is 0 Å². The van der Waals surface area contributed by atoms with E-state index in [9.17, 15) is 4.79 Å². The van der Waals surface area contributed by atoms with Gasteiger partial charge in [-0.1, -0.05) is 6.07 Å². The van der Waals surface area contributed by atoms with Crippen LogP contribution in [0.4, 0.5) is 4.79 Å². The van der Waals surface area contributed by atoms with Gasteiger partial charge in [0, 0.05) is 19.2 Å². The number of aryl methyl sites for hydroxylation is 1. The molecule has 5 nitrogen and oxygen atoms in total. The number of amides is 1. The zero-order valence-corrected chi connectivity index (χ0v) is 13.0. The molecular weight excluding hydrogens is 266 g/mol. The topological polar surface area (TPSA) is 46.8 Å². The summed E-state index contributed by atoms with van der Waals surface area (Å²) in [5, 5.41) is 0. The average molecular weight is 287 g/mol. The molecule has 0 saturated heterocycles. The number of rotatable bonds is 0. The first kappa shape index (κ1) is 13.9. The summed E-state index contributed by atoms with van der Waals surface area (Å²) in [6, 6.07) is 4.07. The van der Waals surface area contributed by atoms with Gasteiger partial charge in [-0.3, -0.25) is 0 Å². The Bertz CT molecular complexity index is 697. The number of imidazole rings is 1. The van der Waals surface area contributed by atoms with Crippen LogP contribution in [0, 0.1) is 6.92 Å². The summed E-state index contributed by atoms with van der Waals surface area (Å²) < 4.78 is 7.55. The Balaban J connectivity index is 1.90. The van der Waals surface area contributed by atoms with Crippen molar-refractivity contribution in [2.24, 2.45) is 0 Å². The summed E-state index contributed by atoms with van der Waals surface area (Å²) in [5.74, 6) is 0. The third kappa shape index (κ3) is 2.60. The molecule has 0 fully saturated rings. The van der Waals surface area contributed by atoms with E-state index in [-0.39, 0.29) is 6.09 Å². The molecule has 0 radical (unpaired) electrons. The highest BCUT2D eigenvalue weighted by molar-refractivity contribution is 5.68. The van der Waals surface area contributed by atoms with Crippen LogP contribution in [-0.2, 0) is 17.7 Å². The largest absolute Gasteiger partial charge is 0.444 e. The van der Waals surface area contributed by atoms with Crippen molar-refractivity contribution < 1.29 is 9.53 Å². The number of fused-ring (bicyclic) bond motifs is 3. The lowest BCUT2D eigenvalue weighted by molar-refractivity contribution is 0.0220. The summed E-state index contributed by atoms with van der Waals surface area (Å²) in [6.07, 6.45) is 2.53. The highest BCUT2D eigenvalue weighted by Gasteiger charge is 2.28. The van der Waals surface area contributed by atoms with E-state index in [0.29, 0.717) is 13.1 Å². The molecular formula is C16H21N3O2. The van der Waals surface area contributed by atoms with Gasteiger partial charge in [0.05, 0.1) is 17.9 Å². The van der Waals surface area contributed by atoms with Gasteiger partial charge in [0.25, 0.3) is 0 Å². The fourth-order valence-corrected chi connectivity index (χ4v) is 2.65. The predicted molar refractivity (Wildman–Crippen MR) is 80.3 cm³/mol. The van der Waals surface area contributed by atoms with Crippen molar-refractivity contribution in [2.45, 2.75) is 46.3 Å². The van der Waals surface area contributed by atoms with E-state index in [1.807, 2.05) is 33.0 Å². The third-order valence-electron chi connectivity index (χ3n) is 3.64. The Labute approximate surface area is 124 Å². The molecule has 3 rings (SSSR count). The lowest BCUT2D eigenvalue weighted by atomic mass is 10.1. The van der Waals surface area contributed by atoms with Crippen molar-refractivity contribution in [1.82, 2.24) is 14.3 Å². The molecule has 0 N–H and O–H groups in total. The van der Waals surface area contributed by atoms with Gasteiger partial charge in [0.15, 0.2) is 0 Å². The number of carbonyl (C=O) groups is 1. The lowest BCUT2D eigenvalue weighted by Gasteiger charge is -2.29. The van der Waals surface area contributed by atoms with Gasteiger partial charge >= 0.3 is 6.09 Å². The molecule has 2 aromatic rings. The summed E-state index contributed by atoms with van der Waals surface area (Å²) in [5.41, 5.74) is 3.84. The normalized spacial score (nSPS) is 15.1. The maximum absolute atomic E-state index is 12.2. The van der Waals surface area contributed by atoms with Crippen molar-refractivity contribution in [3.05, 3.63) is 35.3 Å². The Kier molecular flexibility index (Phi) is 3.15. The van der Waals surface area contributed by atoms with Crippen molar-refractivity contribution in [3.8, 4) is 0 Å². The van der Waals surface area contributed by atoms with Crippen LogP contribution in [0.5, 0.6) is 0 Å². The summed E-state index contributed by atoms with van der Waals surface area (Å²) in [6.45, 7) is 8.92. The van der Waals surface area contributed by atoms with Crippen molar-refractivity contribution in [1.29, 1.82) is 0 Å². The smallest absolute Gasteiger partial charge is 0.410 e. The summed E-state index contributed by atoms with van der Waals surface area (Å²) >= 11 is 0. The number of pyridine rings is 1. The second-order valence-electron chi connectivity index (χ2n) is 6.54. The predicted octanol–water partition coefficient (Wildman–Crippen LogP) is 2.94. The summed E-state index contributed by atoms with van der Waals surface area (Å²) in [4.78, 5) is 18.7. The molecule has 3 heterocycles. The molecule has 21 heavy (non-hydrogen) atoms. The first-order valence-corrected chi connectivity index (χ1v) is 7.28. The molecule has 5 heteroatoms. The zero-order chi connectivity index (χ0) is 15.2. The molecule has 1 aliphatic heterocycles. The van der Waals surface area contributed by atoms with Gasteiger partial charge in [-0.25, -0.2) is 9.78 Å². The maximum atomic E-state index is 12.2. The zero-order valence-electron chi connectivity index (χ0n) is 13.0. The Morgan fingerprint density at radius 3 is 2.86 bits per heavy atom. The molecule has 2 aromatic heterocycles. The monoisotopic (exact) mass is 287 g/mol. The molecule has 0 unspecified atom stereocenters. The number of carbonyl (C=O) groups excluding carboxylic acids is 1. The van der Waals surface area contributed by atoms with Gasteiger partial charge in [-0.15, -0.1) is 0 Å². The first-order valence-electron chi connectivity index (χ1n) is 7.28. The standard InChI is InChI=1S/C16H21N3O2/c1-11-6-5-8-19-13-10-18(15(20)21-16(2,3)4)9-7-12(13)17-14(11)19/h5-6,8H,7,9-10H2,1-4H3. The third-order valence-corrected chi connectivity index (χ3v) is 3.64. The van der Waals surface area contributed by atoms with Gasteiger partial charge in [-0.05, 0) is 39.3 Å². The minimum Gasteiger partial charge on any atom is -0.444 e. The average Bonchev–Trinajstić information content (AvgIpc) is 2.76. The molecule has 0 atom stereocenters. The van der Waals surface area contributed by atoms with Crippen molar-refractivity contribution in [2.75, 3.05) is 6.54 Å². The van der Waals surface area contributed by atoms with Crippen LogP contribution in [0.1, 0.15) is 37.7 Å². The minimum absolute atomic E-state index is 0.254. The lowest BCUT2D eigenvalue weighted by Crippen LogP contribution is -2.40. The highest BCUT2D eigenvalue weighted by atomic mass is 16.6. The van der Waals surface area contributed by atoms with Crippen LogP contribution < -0.4 is 0 Å². The molecule has 0 saturated carbocycles. The van der Waals surface area contributed by atoms with Crippen LogP contribution in [-0.4, -0.2) is 32.5 Å². The van der Waals surface area contributed by atoms with E-state index in [4.69, 9.17) is 9.72 Å². The van der Waals surface area contributed by atoms with Crippen LogP contribution in [0.15, 0.2) is 18.3 Å². The van der Waals surface area contributed by atoms with E-state index in [0.717, 1.165) is 29.0 Å². The second kappa shape index (κ2) is 4.76. The van der Waals surface area contributed by atoms with Gasteiger partial charge < -0.3 is 14.0 Å². The van der Waals surface area contributed by atoms with Gasteiger partial charge in [0.1, 0.15) is 11.2 Å². The molecule has 0 bridgehead atoms. The maximum Gasteiger partial charge on any atom is 0.410 e. The highest BCUT2D eigenvalue weighted by Crippen LogP contribution is 2.23. The number of nitrogens with zero attached hydrogens (tertiary/aromatic N) is 3. The molecule has 0 spiro atoms. The quantitative estimate of drug-likeness (QED) is 0.748. The Morgan fingerprint density at radius 2 is 2.14 bits per heavy atom. The fraction of sp³-hybridized carbons (Fsp3) is 0.500. The Morgan fingerprint density at radius 1 is 1.38 bits per heavy atom. The van der Waals surface area contributed by atoms with E-state index < -0.39 is 5.60 Å². The minimum atomic E-state index is -0.465. The molecule has 1 aliphatic rings. The van der Waals surface area contributed by atoms with E-state index in [1.54, 1.807) is 4.90 Å². The van der Waals surface area contributed by atoms with Crippen LogP contribution in [0.25, 0.3) is 5.65 Å². The second-order valence-corrected chi connectivity index (χ2v) is 6.54. The number of hydrogen-bond acceptors (Lipinski definition) is 3. The van der Waals surface area contributed by atoms with Crippen molar-refractivity contribution in [3.63, 3.8) is 0 Å². The first-order chi connectivity index (χ1) is 9.85. The number of ether oxygens (including phenoxy) is 1. The van der Waals surface area contributed by atoms with Gasteiger partial charge in [0.2, 0.25) is 0 Å². The molecule has 1 amide bonds. The van der Waals surface area contributed by atoms with Crippen LogP contribution >= 0.6 is 0 Å². The number of aromatic nitrogens is 2. The summed E-state index contributed by atoms with van der Waals surface area (Å²) in [7, 11) is 0. The molecule has 0 aromatic carbocycles. The SMILES string of the molecule is Cc1cccn2c3c(nc12)CCN(C(=O)OC(C)(C)C)C3. The fourth-order valence-electron chi connectivity index (χ4n) is 2.65. The van der Waals surface area contributed by atoms with E-state index in [1.165, 1.54) is 0 Å². The molecule has 0 aliphatic carbocycles. The van der Waals surface area contributed by atoms with Crippen molar-refractivity contribution >= 4 is 11.7 Å². The van der Waals surface area contributed by atoms with E-state index >= 15 is 0 Å². The number of hydrogen-bond donors (Lipinski definition) is 0. The Hall–Kier alpha value is -2.04. The van der Waals surface area contributed by atoms with Crippen LogP contribution in [0.3, 0.4) is 0 Å².